The molecule has 0 aliphatic carbocycles. The van der Waals surface area contributed by atoms with Gasteiger partial charge in [0.2, 0.25) is 0 Å². The Kier molecular flexibility index (Phi) is 6.42. The van der Waals surface area contributed by atoms with E-state index in [9.17, 15) is 10.1 Å². The molecule has 7 heteroatoms. The van der Waals surface area contributed by atoms with Gasteiger partial charge in [0.05, 0.1) is 0 Å². The van der Waals surface area contributed by atoms with Crippen molar-refractivity contribution >= 4 is 58.7 Å². The predicted molar refractivity (Wildman–Crippen MR) is 119 cm³/mol. The summed E-state index contributed by atoms with van der Waals surface area (Å²) in [4.78, 5) is 14.9. The summed E-state index contributed by atoms with van der Waals surface area (Å²) < 4.78 is 1.82. The zero-order valence-corrected chi connectivity index (χ0v) is 19.1. The average Bonchev–Trinajstić information content (AvgIpc) is 2.67. The maximum absolute atomic E-state index is 10.8. The topological polar surface area (TPSA) is 55.5 Å². The number of non-ortho nitro benzene ring substituents is 1. The molecule has 0 bridgehead atoms. The molecule has 0 saturated carbocycles. The van der Waals surface area contributed by atoms with Crippen LogP contribution in [0.2, 0.25) is 0 Å². The van der Waals surface area contributed by atoms with Crippen molar-refractivity contribution in [2.75, 3.05) is 0 Å². The molecule has 0 heterocycles. The minimum atomic E-state index is -3.61. The van der Waals surface area contributed by atoms with Crippen LogP contribution in [0.4, 0.5) is 11.4 Å². The molecule has 0 N–H and O–H groups in total. The minimum absolute atomic E-state index is 0.0446. The number of aliphatic imine (C=N–C) groups is 1. The van der Waals surface area contributed by atoms with Gasteiger partial charge in [-0.3, -0.25) is 0 Å². The summed E-state index contributed by atoms with van der Waals surface area (Å²) in [6, 6.07) is 20.1. The van der Waals surface area contributed by atoms with Gasteiger partial charge in [0, 0.05) is 0 Å². The standard InChI is InChI=1S/C21H18Cl2N2O2Te/c1-15-3-10-19(11-4-15)28(22,23)21-13-16(2)5-12-20(21)24-14-17-6-8-18(9-7-17)25(26)27/h3-14H,1-2H3. The van der Waals surface area contributed by atoms with E-state index >= 15 is 0 Å². The van der Waals surface area contributed by atoms with Crippen molar-refractivity contribution in [3.8, 4) is 0 Å². The summed E-state index contributed by atoms with van der Waals surface area (Å²) in [5.74, 6) is 0. The Bertz CT molecular complexity index is 1030. The van der Waals surface area contributed by atoms with Crippen LogP contribution in [0.1, 0.15) is 16.7 Å². The molecule has 0 atom stereocenters. The molecule has 144 valence electrons. The molecule has 28 heavy (non-hydrogen) atoms. The van der Waals surface area contributed by atoms with Crippen LogP contribution >= 0.6 is 17.9 Å². The fraction of sp³-hybridized carbons (Fsp3) is 0.0952. The van der Waals surface area contributed by atoms with Crippen LogP contribution in [0.3, 0.4) is 0 Å². The second kappa shape index (κ2) is 8.63. The Balaban J connectivity index is 1.98. The third-order valence-electron chi connectivity index (χ3n) is 4.17. The average molecular weight is 529 g/mol. The Morgan fingerprint density at radius 1 is 0.929 bits per heavy atom. The molecule has 3 aromatic rings. The molecule has 0 aliphatic rings. The summed E-state index contributed by atoms with van der Waals surface area (Å²) in [5.41, 5.74) is 3.73. The fourth-order valence-electron chi connectivity index (χ4n) is 2.60. The van der Waals surface area contributed by atoms with E-state index in [0.29, 0.717) is 0 Å². The first-order valence-corrected chi connectivity index (χ1v) is 16.7. The molecule has 4 nitrogen and oxygen atoms in total. The number of rotatable bonds is 5. The van der Waals surface area contributed by atoms with Crippen molar-refractivity contribution in [2.45, 2.75) is 13.8 Å². The second-order valence-corrected chi connectivity index (χ2v) is 18.9. The van der Waals surface area contributed by atoms with Crippen LogP contribution in [0.15, 0.2) is 71.7 Å². The van der Waals surface area contributed by atoms with E-state index in [1.54, 1.807) is 18.3 Å². The van der Waals surface area contributed by atoms with Gasteiger partial charge in [0.25, 0.3) is 0 Å². The van der Waals surface area contributed by atoms with Gasteiger partial charge in [0.1, 0.15) is 0 Å². The van der Waals surface area contributed by atoms with Crippen LogP contribution in [-0.4, -0.2) is 27.1 Å². The number of hydrogen-bond acceptors (Lipinski definition) is 3. The zero-order chi connectivity index (χ0) is 20.3. The Morgan fingerprint density at radius 3 is 2.14 bits per heavy atom. The van der Waals surface area contributed by atoms with E-state index in [0.717, 1.165) is 29.6 Å². The molecule has 0 unspecified atom stereocenters. The SMILES string of the molecule is Cc1ccc([Te](Cl)(Cl)c2cc(C)ccc2N=Cc2ccc([N+](=O)[O-])cc2)cc1. The van der Waals surface area contributed by atoms with Gasteiger partial charge in [-0.2, -0.15) is 0 Å². The van der Waals surface area contributed by atoms with Crippen LogP contribution in [-0.2, 0) is 0 Å². The Labute approximate surface area is 175 Å². The molecule has 0 saturated heterocycles. The first-order chi connectivity index (χ1) is 13.3. The van der Waals surface area contributed by atoms with E-state index in [4.69, 9.17) is 17.9 Å². The van der Waals surface area contributed by atoms with Crippen molar-refractivity contribution in [1.82, 2.24) is 0 Å². The number of nitro benzene ring substituents is 1. The molecule has 0 radical (unpaired) electrons. The summed E-state index contributed by atoms with van der Waals surface area (Å²) in [5, 5.41) is 10.8. The molecule has 0 spiro atoms. The summed E-state index contributed by atoms with van der Waals surface area (Å²) >= 11 is -3.61. The zero-order valence-electron chi connectivity index (χ0n) is 15.3. The summed E-state index contributed by atoms with van der Waals surface area (Å²) in [6.45, 7) is 4.02. The second-order valence-electron chi connectivity index (χ2n) is 6.36. The van der Waals surface area contributed by atoms with Crippen molar-refractivity contribution in [1.29, 1.82) is 0 Å². The predicted octanol–water partition coefficient (Wildman–Crippen LogP) is 5.00. The van der Waals surface area contributed by atoms with Crippen molar-refractivity contribution in [3.63, 3.8) is 0 Å². The monoisotopic (exact) mass is 530 g/mol. The number of halogens is 2. The molecule has 0 fully saturated rings. The third-order valence-corrected chi connectivity index (χ3v) is 13.8. The number of nitro groups is 1. The van der Waals surface area contributed by atoms with Gasteiger partial charge in [-0.15, -0.1) is 0 Å². The van der Waals surface area contributed by atoms with Gasteiger partial charge < -0.3 is 0 Å². The summed E-state index contributed by atoms with van der Waals surface area (Å²) in [6.07, 6.45) is 1.67. The van der Waals surface area contributed by atoms with Gasteiger partial charge in [-0.1, -0.05) is 0 Å². The number of nitrogens with zero attached hydrogens (tertiary/aromatic N) is 2. The van der Waals surface area contributed by atoms with Gasteiger partial charge in [-0.05, 0) is 0 Å². The maximum atomic E-state index is 10.8. The Hall–Kier alpha value is -1.90. The molecular formula is C21H18Cl2N2O2Te. The molecule has 3 rings (SSSR count). The molecule has 0 amide bonds. The first kappa shape index (κ1) is 20.8. The summed E-state index contributed by atoms with van der Waals surface area (Å²) in [7, 11) is 13.9. The van der Waals surface area contributed by atoms with E-state index < -0.39 is 20.9 Å². The Morgan fingerprint density at radius 2 is 1.54 bits per heavy atom. The van der Waals surface area contributed by atoms with Crippen molar-refractivity contribution in [2.24, 2.45) is 4.99 Å². The molecule has 3 aromatic carbocycles. The quantitative estimate of drug-likeness (QED) is 0.203. The van der Waals surface area contributed by atoms with Gasteiger partial charge >= 0.3 is 176 Å². The molecule has 0 aromatic heterocycles. The number of aryl methyl sites for hydroxylation is 2. The fourth-order valence-corrected chi connectivity index (χ4v) is 9.77. The van der Waals surface area contributed by atoms with Crippen LogP contribution in [0.25, 0.3) is 0 Å². The van der Waals surface area contributed by atoms with Gasteiger partial charge in [-0.25, -0.2) is 0 Å². The van der Waals surface area contributed by atoms with E-state index in [-0.39, 0.29) is 5.69 Å². The first-order valence-electron chi connectivity index (χ1n) is 8.46. The van der Waals surface area contributed by atoms with Crippen molar-refractivity contribution < 1.29 is 4.92 Å². The number of hydrogen-bond donors (Lipinski definition) is 0. The third kappa shape index (κ3) is 4.74. The normalized spacial score (nSPS) is 12.3. The number of benzene rings is 3. The molecular weight excluding hydrogens is 511 g/mol. The van der Waals surface area contributed by atoms with Crippen LogP contribution < -0.4 is 7.22 Å². The van der Waals surface area contributed by atoms with E-state index in [1.807, 2.05) is 56.3 Å². The van der Waals surface area contributed by atoms with Crippen LogP contribution in [0.5, 0.6) is 0 Å². The van der Waals surface area contributed by atoms with E-state index in [1.165, 1.54) is 12.1 Å². The molecule has 0 aliphatic heterocycles. The van der Waals surface area contributed by atoms with Gasteiger partial charge in [0.15, 0.2) is 0 Å². The van der Waals surface area contributed by atoms with Crippen molar-refractivity contribution in [3.05, 3.63) is 93.5 Å². The van der Waals surface area contributed by atoms with E-state index in [2.05, 4.69) is 4.99 Å². The van der Waals surface area contributed by atoms with Crippen LogP contribution in [0, 0.1) is 24.0 Å².